The highest BCUT2D eigenvalue weighted by molar-refractivity contribution is 5.68. The highest BCUT2D eigenvalue weighted by atomic mass is 16.6. The maximum atomic E-state index is 11.7. The first-order valence-electron chi connectivity index (χ1n) is 6.02. The Labute approximate surface area is 108 Å². The Morgan fingerprint density at radius 3 is 2.28 bits per heavy atom. The molecule has 4 nitrogen and oxygen atoms in total. The van der Waals surface area contributed by atoms with Gasteiger partial charge in [0, 0.05) is 0 Å². The fourth-order valence-electron chi connectivity index (χ4n) is 1.58. The lowest BCUT2D eigenvalue weighted by atomic mass is 10.0. The second-order valence-corrected chi connectivity index (χ2v) is 5.28. The van der Waals surface area contributed by atoms with Gasteiger partial charge in [0.05, 0.1) is 12.1 Å². The lowest BCUT2D eigenvalue weighted by molar-refractivity contribution is 0.0436. The fourth-order valence-corrected chi connectivity index (χ4v) is 1.58. The van der Waals surface area contributed by atoms with Gasteiger partial charge in [-0.3, -0.25) is 0 Å². The number of nitrogens with one attached hydrogen (secondary N) is 1. The molecule has 18 heavy (non-hydrogen) atoms. The smallest absolute Gasteiger partial charge is 0.408 e. The molecule has 1 rings (SSSR count). The van der Waals surface area contributed by atoms with Gasteiger partial charge < -0.3 is 15.2 Å². The summed E-state index contributed by atoms with van der Waals surface area (Å²) >= 11 is 0. The maximum Gasteiger partial charge on any atom is 0.408 e. The normalized spacial score (nSPS) is 14.7. The third kappa shape index (κ3) is 4.75. The molecule has 2 atom stereocenters. The summed E-state index contributed by atoms with van der Waals surface area (Å²) in [5.74, 6) is 0. The maximum absolute atomic E-state index is 11.7. The van der Waals surface area contributed by atoms with Crippen molar-refractivity contribution >= 4 is 6.09 Å². The van der Waals surface area contributed by atoms with E-state index in [4.69, 9.17) is 4.74 Å². The van der Waals surface area contributed by atoms with Crippen LogP contribution in [0.15, 0.2) is 30.3 Å². The van der Waals surface area contributed by atoms with Crippen LogP contribution in [-0.4, -0.2) is 22.9 Å². The first kappa shape index (κ1) is 14.5. The van der Waals surface area contributed by atoms with Gasteiger partial charge in [-0.1, -0.05) is 30.3 Å². The minimum atomic E-state index is -0.695. The van der Waals surface area contributed by atoms with E-state index in [1.165, 1.54) is 0 Å². The molecule has 0 aliphatic heterocycles. The quantitative estimate of drug-likeness (QED) is 0.868. The van der Waals surface area contributed by atoms with E-state index in [9.17, 15) is 9.90 Å². The van der Waals surface area contributed by atoms with Crippen LogP contribution in [0.4, 0.5) is 4.79 Å². The molecule has 0 aliphatic rings. The zero-order valence-electron chi connectivity index (χ0n) is 11.3. The van der Waals surface area contributed by atoms with E-state index in [0.29, 0.717) is 0 Å². The summed E-state index contributed by atoms with van der Waals surface area (Å²) in [6, 6.07) is 8.85. The standard InChI is InChI=1S/C14H21NO3/c1-10(16)12(11-8-6-5-7-9-11)15-13(17)18-14(2,3)4/h5-10,12,16H,1-4H3,(H,15,17)/t10-,12?/m1/s1. The number of rotatable bonds is 3. The third-order valence-corrected chi connectivity index (χ3v) is 2.31. The molecule has 0 saturated carbocycles. The molecule has 100 valence electrons. The summed E-state index contributed by atoms with van der Waals surface area (Å²) in [6.07, 6.45) is -1.22. The number of ether oxygens (including phenoxy) is 1. The molecule has 1 aromatic carbocycles. The zero-order valence-corrected chi connectivity index (χ0v) is 11.3. The van der Waals surface area contributed by atoms with Crippen molar-refractivity contribution in [2.75, 3.05) is 0 Å². The van der Waals surface area contributed by atoms with Crippen LogP contribution < -0.4 is 5.32 Å². The molecule has 0 radical (unpaired) electrons. The molecular formula is C14H21NO3. The number of hydrogen-bond acceptors (Lipinski definition) is 3. The predicted molar refractivity (Wildman–Crippen MR) is 70.2 cm³/mol. The minimum absolute atomic E-state index is 0.471. The van der Waals surface area contributed by atoms with Gasteiger partial charge in [0.15, 0.2) is 0 Å². The van der Waals surface area contributed by atoms with Crippen LogP contribution in [0.5, 0.6) is 0 Å². The van der Waals surface area contributed by atoms with Crippen LogP contribution in [0.1, 0.15) is 39.3 Å². The predicted octanol–water partition coefficient (Wildman–Crippen LogP) is 2.63. The number of benzene rings is 1. The Kier molecular flexibility index (Phi) is 4.73. The molecule has 0 spiro atoms. The van der Waals surface area contributed by atoms with Crippen molar-refractivity contribution in [2.45, 2.75) is 45.4 Å². The Morgan fingerprint density at radius 1 is 1.28 bits per heavy atom. The third-order valence-electron chi connectivity index (χ3n) is 2.31. The lowest BCUT2D eigenvalue weighted by Gasteiger charge is -2.25. The molecule has 0 aromatic heterocycles. The molecule has 1 amide bonds. The van der Waals surface area contributed by atoms with E-state index in [0.717, 1.165) is 5.56 Å². The molecule has 0 aliphatic carbocycles. The molecule has 2 N–H and O–H groups in total. The summed E-state index contributed by atoms with van der Waals surface area (Å²) in [6.45, 7) is 7.03. The van der Waals surface area contributed by atoms with Gasteiger partial charge in [-0.25, -0.2) is 4.79 Å². The highest BCUT2D eigenvalue weighted by Gasteiger charge is 2.23. The number of alkyl carbamates (subject to hydrolysis) is 1. The molecule has 1 aromatic rings. The van der Waals surface area contributed by atoms with Gasteiger partial charge in [0.1, 0.15) is 5.60 Å². The first-order chi connectivity index (χ1) is 8.29. The van der Waals surface area contributed by atoms with Crippen molar-refractivity contribution in [3.63, 3.8) is 0 Å². The number of carbonyl (C=O) groups is 1. The van der Waals surface area contributed by atoms with Crippen LogP contribution in [0, 0.1) is 0 Å². The Bertz CT molecular complexity index is 382. The molecule has 4 heteroatoms. The molecular weight excluding hydrogens is 230 g/mol. The Morgan fingerprint density at radius 2 is 1.83 bits per heavy atom. The van der Waals surface area contributed by atoms with Crippen LogP contribution in [0.2, 0.25) is 0 Å². The molecule has 0 bridgehead atoms. The Hall–Kier alpha value is -1.55. The van der Waals surface area contributed by atoms with E-state index in [2.05, 4.69) is 5.32 Å². The van der Waals surface area contributed by atoms with Crippen molar-refractivity contribution in [1.82, 2.24) is 5.32 Å². The SMILES string of the molecule is C[C@@H](O)C(NC(=O)OC(C)(C)C)c1ccccc1. The largest absolute Gasteiger partial charge is 0.444 e. The zero-order chi connectivity index (χ0) is 13.8. The van der Waals surface area contributed by atoms with Crippen LogP contribution >= 0.6 is 0 Å². The number of aliphatic hydroxyl groups is 1. The van der Waals surface area contributed by atoms with Crippen molar-refractivity contribution in [3.05, 3.63) is 35.9 Å². The van der Waals surface area contributed by atoms with Crippen molar-refractivity contribution in [2.24, 2.45) is 0 Å². The summed E-state index contributed by atoms with van der Waals surface area (Å²) < 4.78 is 5.18. The minimum Gasteiger partial charge on any atom is -0.444 e. The highest BCUT2D eigenvalue weighted by Crippen LogP contribution is 2.17. The van der Waals surface area contributed by atoms with Gasteiger partial charge in [-0.05, 0) is 33.3 Å². The van der Waals surface area contributed by atoms with Crippen LogP contribution in [0.25, 0.3) is 0 Å². The van der Waals surface area contributed by atoms with E-state index in [1.54, 1.807) is 27.7 Å². The fraction of sp³-hybridized carbons (Fsp3) is 0.500. The summed E-state index contributed by atoms with van der Waals surface area (Å²) in [4.78, 5) is 11.7. The average molecular weight is 251 g/mol. The topological polar surface area (TPSA) is 58.6 Å². The summed E-state index contributed by atoms with van der Waals surface area (Å²) in [5.41, 5.74) is 0.294. The van der Waals surface area contributed by atoms with Crippen molar-refractivity contribution < 1.29 is 14.6 Å². The summed E-state index contributed by atoms with van der Waals surface area (Å²) in [5, 5.41) is 12.4. The summed E-state index contributed by atoms with van der Waals surface area (Å²) in [7, 11) is 0. The molecule has 0 saturated heterocycles. The van der Waals surface area contributed by atoms with Gasteiger partial charge in [0.2, 0.25) is 0 Å². The van der Waals surface area contributed by atoms with E-state index < -0.39 is 23.8 Å². The van der Waals surface area contributed by atoms with Gasteiger partial charge in [-0.2, -0.15) is 0 Å². The van der Waals surface area contributed by atoms with Crippen LogP contribution in [0.3, 0.4) is 0 Å². The average Bonchev–Trinajstić information content (AvgIpc) is 2.24. The second-order valence-electron chi connectivity index (χ2n) is 5.28. The number of carbonyl (C=O) groups excluding carboxylic acids is 1. The number of amides is 1. The monoisotopic (exact) mass is 251 g/mol. The lowest BCUT2D eigenvalue weighted by Crippen LogP contribution is -2.38. The molecule has 1 unspecified atom stereocenters. The van der Waals surface area contributed by atoms with Crippen molar-refractivity contribution in [3.8, 4) is 0 Å². The van der Waals surface area contributed by atoms with Crippen molar-refractivity contribution in [1.29, 1.82) is 0 Å². The van der Waals surface area contributed by atoms with Gasteiger partial charge in [-0.15, -0.1) is 0 Å². The number of hydrogen-bond donors (Lipinski definition) is 2. The van der Waals surface area contributed by atoms with Gasteiger partial charge >= 0.3 is 6.09 Å². The molecule has 0 heterocycles. The van der Waals surface area contributed by atoms with Crippen LogP contribution in [-0.2, 0) is 4.74 Å². The van der Waals surface area contributed by atoms with Gasteiger partial charge in [0.25, 0.3) is 0 Å². The second kappa shape index (κ2) is 5.87. The molecule has 0 fully saturated rings. The van der Waals surface area contributed by atoms with E-state index in [1.807, 2.05) is 30.3 Å². The van der Waals surface area contributed by atoms with E-state index >= 15 is 0 Å². The number of aliphatic hydroxyl groups excluding tert-OH is 1. The first-order valence-corrected chi connectivity index (χ1v) is 6.02. The Balaban J connectivity index is 2.74. The van der Waals surface area contributed by atoms with E-state index in [-0.39, 0.29) is 0 Å².